The molecule has 0 N–H and O–H groups in total. The lowest BCUT2D eigenvalue weighted by atomic mass is 9.75. The van der Waals surface area contributed by atoms with Crippen LogP contribution in [0, 0.1) is 11.3 Å². The van der Waals surface area contributed by atoms with E-state index in [0.29, 0.717) is 12.0 Å². The van der Waals surface area contributed by atoms with Gasteiger partial charge in [0.1, 0.15) is 6.17 Å². The smallest absolute Gasteiger partial charge is 0.167 e. The van der Waals surface area contributed by atoms with Gasteiger partial charge in [-0.3, -0.25) is 4.79 Å². The summed E-state index contributed by atoms with van der Waals surface area (Å²) in [6.07, 6.45) is 1.50. The van der Waals surface area contributed by atoms with Crippen LogP contribution in [0.3, 0.4) is 0 Å². The zero-order valence-corrected chi connectivity index (χ0v) is 7.27. The van der Waals surface area contributed by atoms with Gasteiger partial charge in [-0.2, -0.15) is 0 Å². The number of carbonyl (C=O) groups excluding carboxylic acids is 1. The fraction of sp³-hybridized carbons (Fsp3) is 0.700. The molecule has 0 heterocycles. The lowest BCUT2D eigenvalue weighted by Gasteiger charge is -2.30. The summed E-state index contributed by atoms with van der Waals surface area (Å²) >= 11 is 0. The largest absolute Gasteiger partial charge is 0.294 e. The van der Waals surface area contributed by atoms with Crippen LogP contribution in [0.15, 0.2) is 12.2 Å². The predicted molar refractivity (Wildman–Crippen MR) is 44.5 cm³/mol. The Bertz CT molecular complexity index is 259. The molecule has 0 aliphatic heterocycles. The molecule has 0 amide bonds. The van der Waals surface area contributed by atoms with Crippen molar-refractivity contribution in [3.63, 3.8) is 0 Å². The molecule has 1 nitrogen and oxygen atoms in total. The van der Waals surface area contributed by atoms with Gasteiger partial charge >= 0.3 is 0 Å². The number of fused-ring (bicyclic) bond motifs is 2. The molecule has 0 spiro atoms. The Morgan fingerprint density at radius 2 is 2.33 bits per heavy atom. The van der Waals surface area contributed by atoms with Crippen LogP contribution < -0.4 is 0 Å². The molecule has 0 aromatic rings. The van der Waals surface area contributed by atoms with Crippen molar-refractivity contribution < 1.29 is 9.18 Å². The summed E-state index contributed by atoms with van der Waals surface area (Å²) in [6, 6.07) is 0. The highest BCUT2D eigenvalue weighted by Gasteiger charge is 2.56. The Kier molecular flexibility index (Phi) is 1.45. The second-order valence-electron chi connectivity index (χ2n) is 4.17. The third kappa shape index (κ3) is 0.706. The number of rotatable bonds is 0. The molecule has 2 aliphatic rings. The van der Waals surface area contributed by atoms with E-state index in [4.69, 9.17) is 0 Å². The maximum absolute atomic E-state index is 13.6. The predicted octanol–water partition coefficient (Wildman–Crippen LogP) is 2.27. The number of hydrogen-bond acceptors (Lipinski definition) is 1. The van der Waals surface area contributed by atoms with Gasteiger partial charge in [0.15, 0.2) is 5.78 Å². The lowest BCUT2D eigenvalue weighted by Crippen LogP contribution is -2.34. The van der Waals surface area contributed by atoms with Crippen LogP contribution >= 0.6 is 0 Å². The van der Waals surface area contributed by atoms with Gasteiger partial charge in [-0.1, -0.05) is 13.0 Å². The molecule has 2 rings (SSSR count). The zero-order valence-electron chi connectivity index (χ0n) is 7.27. The minimum absolute atomic E-state index is 0.0301. The van der Waals surface area contributed by atoms with E-state index in [-0.39, 0.29) is 11.7 Å². The summed E-state index contributed by atoms with van der Waals surface area (Å²) in [4.78, 5) is 11.6. The average Bonchev–Trinajstić information content (AvgIpc) is 2.20. The Labute approximate surface area is 71.6 Å². The minimum Gasteiger partial charge on any atom is -0.294 e. The van der Waals surface area contributed by atoms with Gasteiger partial charge in [-0.05, 0) is 25.3 Å². The van der Waals surface area contributed by atoms with E-state index in [2.05, 4.69) is 6.58 Å². The van der Waals surface area contributed by atoms with Gasteiger partial charge in [-0.25, -0.2) is 4.39 Å². The molecule has 12 heavy (non-hydrogen) atoms. The molecule has 3 atom stereocenters. The Hall–Kier alpha value is -0.660. The summed E-state index contributed by atoms with van der Waals surface area (Å²) in [5.41, 5.74) is -0.192. The normalized spacial score (nSPS) is 46.8. The van der Waals surface area contributed by atoms with E-state index in [1.807, 2.05) is 0 Å². The van der Waals surface area contributed by atoms with E-state index < -0.39 is 11.6 Å². The first kappa shape index (κ1) is 7.96. The fourth-order valence-corrected chi connectivity index (χ4v) is 2.54. The fourth-order valence-electron chi connectivity index (χ4n) is 2.54. The maximum atomic E-state index is 13.6. The highest BCUT2D eigenvalue weighted by Crippen LogP contribution is 2.52. The summed E-state index contributed by atoms with van der Waals surface area (Å²) in [7, 11) is 0. The van der Waals surface area contributed by atoms with Crippen molar-refractivity contribution >= 4 is 5.78 Å². The van der Waals surface area contributed by atoms with Crippen molar-refractivity contribution in [2.45, 2.75) is 32.4 Å². The first-order chi connectivity index (χ1) is 5.57. The van der Waals surface area contributed by atoms with Crippen molar-refractivity contribution in [3.8, 4) is 0 Å². The number of hydrogen-bond donors (Lipinski definition) is 0. The van der Waals surface area contributed by atoms with Crippen molar-refractivity contribution in [2.75, 3.05) is 0 Å². The molecule has 2 heteroatoms. The van der Waals surface area contributed by atoms with Gasteiger partial charge in [-0.15, -0.1) is 0 Å². The quantitative estimate of drug-likeness (QED) is 0.507. The maximum Gasteiger partial charge on any atom is 0.167 e. The zero-order chi connectivity index (χ0) is 8.93. The number of ketones is 1. The standard InChI is InChI=1S/C10H13FO/c1-6-7-4-3-5-10(2,8(7)11)9(6)12/h7-8H,1,3-5H2,2H3/t7-,8-,10-/m1/s1. The lowest BCUT2D eigenvalue weighted by molar-refractivity contribution is -0.125. The van der Waals surface area contributed by atoms with Crippen molar-refractivity contribution in [3.05, 3.63) is 12.2 Å². The Morgan fingerprint density at radius 3 is 2.83 bits per heavy atom. The van der Waals surface area contributed by atoms with Crippen molar-refractivity contribution in [2.24, 2.45) is 11.3 Å². The van der Waals surface area contributed by atoms with Crippen LogP contribution in [-0.2, 0) is 4.79 Å². The summed E-state index contributed by atoms with van der Waals surface area (Å²) in [5.74, 6) is -0.200. The van der Waals surface area contributed by atoms with E-state index in [9.17, 15) is 9.18 Å². The van der Waals surface area contributed by atoms with Crippen LogP contribution in [0.1, 0.15) is 26.2 Å². The topological polar surface area (TPSA) is 17.1 Å². The first-order valence-corrected chi connectivity index (χ1v) is 4.45. The molecule has 2 aliphatic carbocycles. The van der Waals surface area contributed by atoms with E-state index in [1.165, 1.54) is 0 Å². The van der Waals surface area contributed by atoms with E-state index in [1.54, 1.807) is 6.92 Å². The second kappa shape index (κ2) is 2.18. The number of allylic oxidation sites excluding steroid dienone is 1. The van der Waals surface area contributed by atoms with Crippen molar-refractivity contribution in [1.29, 1.82) is 0 Å². The monoisotopic (exact) mass is 168 g/mol. The number of Topliss-reactive ketones (excluding diaryl/α,β-unsaturated/α-hetero) is 1. The second-order valence-corrected chi connectivity index (χ2v) is 4.17. The Balaban J connectivity index is 2.46. The third-order valence-electron chi connectivity index (χ3n) is 3.43. The van der Waals surface area contributed by atoms with Gasteiger partial charge < -0.3 is 0 Å². The van der Waals surface area contributed by atoms with Gasteiger partial charge in [0.05, 0.1) is 5.41 Å². The average molecular weight is 168 g/mol. The molecule has 0 radical (unpaired) electrons. The highest BCUT2D eigenvalue weighted by molar-refractivity contribution is 6.03. The van der Waals surface area contributed by atoms with Gasteiger partial charge in [0.2, 0.25) is 0 Å². The van der Waals surface area contributed by atoms with E-state index in [0.717, 1.165) is 12.8 Å². The molecule has 0 saturated heterocycles. The molecule has 0 aromatic heterocycles. The molecule has 0 aromatic carbocycles. The molecular weight excluding hydrogens is 155 g/mol. The van der Waals surface area contributed by atoms with Crippen molar-refractivity contribution in [1.82, 2.24) is 0 Å². The highest BCUT2D eigenvalue weighted by atomic mass is 19.1. The molecule has 2 saturated carbocycles. The SMILES string of the molecule is C=C1C(=O)[C@]2(C)CCC[C@H]1[C@H]2F. The molecular formula is C10H13FO. The van der Waals surface area contributed by atoms with E-state index >= 15 is 0 Å². The van der Waals surface area contributed by atoms with Crippen LogP contribution in [0.5, 0.6) is 0 Å². The van der Waals surface area contributed by atoms with Gasteiger partial charge in [0, 0.05) is 5.92 Å². The number of carbonyl (C=O) groups is 1. The molecule has 2 bridgehead atoms. The molecule has 66 valence electrons. The Morgan fingerprint density at radius 1 is 1.67 bits per heavy atom. The van der Waals surface area contributed by atoms with Crippen LogP contribution in [-0.4, -0.2) is 12.0 Å². The van der Waals surface area contributed by atoms with Crippen LogP contribution in [0.4, 0.5) is 4.39 Å². The third-order valence-corrected chi connectivity index (χ3v) is 3.43. The van der Waals surface area contributed by atoms with Crippen LogP contribution in [0.25, 0.3) is 0 Å². The number of alkyl halides is 1. The molecule has 2 fully saturated rings. The van der Waals surface area contributed by atoms with Gasteiger partial charge in [0.25, 0.3) is 0 Å². The summed E-state index contributed by atoms with van der Waals surface area (Å²) < 4.78 is 13.6. The minimum atomic E-state index is -0.966. The summed E-state index contributed by atoms with van der Waals surface area (Å²) in [6.45, 7) is 5.42. The summed E-state index contributed by atoms with van der Waals surface area (Å²) in [5, 5.41) is 0. The van der Waals surface area contributed by atoms with Crippen LogP contribution in [0.2, 0.25) is 0 Å². The molecule has 0 unspecified atom stereocenters. The first-order valence-electron chi connectivity index (χ1n) is 4.45. The number of halogens is 1.